The molecule has 0 fully saturated rings. The molecule has 3 N–H and O–H groups in total. The molecule has 0 saturated heterocycles. The van der Waals surface area contributed by atoms with Crippen LogP contribution in [0.3, 0.4) is 0 Å². The molecule has 0 aliphatic rings. The van der Waals surface area contributed by atoms with Crippen LogP contribution in [0.15, 0.2) is 0 Å². The minimum Gasteiger partial charge on any atom is -0.481 e. The van der Waals surface area contributed by atoms with Crippen molar-refractivity contribution in [3.05, 3.63) is 0 Å². The van der Waals surface area contributed by atoms with E-state index >= 15 is 0 Å². The van der Waals surface area contributed by atoms with Crippen molar-refractivity contribution in [2.24, 2.45) is 5.92 Å². The highest BCUT2D eigenvalue weighted by Crippen LogP contribution is 2.20. The molecule has 2 atom stereocenters. The van der Waals surface area contributed by atoms with Crippen LogP contribution >= 0.6 is 0 Å². The Morgan fingerprint density at radius 2 is 1.58 bits per heavy atom. The van der Waals surface area contributed by atoms with Crippen LogP contribution < -0.4 is 0 Å². The van der Waals surface area contributed by atoms with Crippen molar-refractivity contribution >= 4 is 5.97 Å². The van der Waals surface area contributed by atoms with Gasteiger partial charge < -0.3 is 15.3 Å². The van der Waals surface area contributed by atoms with Gasteiger partial charge in [0.25, 0.3) is 0 Å². The number of aliphatic carboxylic acids is 1. The van der Waals surface area contributed by atoms with Gasteiger partial charge in [-0.2, -0.15) is 0 Å². The predicted molar refractivity (Wildman–Crippen MR) is 76.1 cm³/mol. The number of carboxylic acid groups (broad SMARTS) is 1. The molecule has 0 bridgehead atoms. The van der Waals surface area contributed by atoms with Gasteiger partial charge in [-0.25, -0.2) is 0 Å². The van der Waals surface area contributed by atoms with Crippen LogP contribution in [0.5, 0.6) is 0 Å². The highest BCUT2D eigenvalue weighted by molar-refractivity contribution is 5.67. The van der Waals surface area contributed by atoms with Crippen LogP contribution in [0, 0.1) is 5.92 Å². The number of carbonyl (C=O) groups is 1. The van der Waals surface area contributed by atoms with Gasteiger partial charge in [0.2, 0.25) is 0 Å². The van der Waals surface area contributed by atoms with Gasteiger partial charge in [-0.1, -0.05) is 51.9 Å². The van der Waals surface area contributed by atoms with Crippen LogP contribution in [0.4, 0.5) is 0 Å². The zero-order valence-electron chi connectivity index (χ0n) is 12.2. The average molecular weight is 274 g/mol. The minimum absolute atomic E-state index is 0.00297. The Morgan fingerprint density at radius 3 is 2.11 bits per heavy atom. The van der Waals surface area contributed by atoms with Gasteiger partial charge in [0.1, 0.15) is 0 Å². The molecule has 0 aromatic heterocycles. The van der Waals surface area contributed by atoms with E-state index in [1.807, 2.05) is 0 Å². The van der Waals surface area contributed by atoms with E-state index < -0.39 is 12.1 Å². The Hall–Kier alpha value is -0.610. The summed E-state index contributed by atoms with van der Waals surface area (Å²) in [4.78, 5) is 10.8. The van der Waals surface area contributed by atoms with Crippen molar-refractivity contribution in [1.82, 2.24) is 0 Å². The molecule has 0 aromatic carbocycles. The van der Waals surface area contributed by atoms with Crippen LogP contribution in [-0.4, -0.2) is 34.0 Å². The van der Waals surface area contributed by atoms with Crippen LogP contribution in [0.1, 0.15) is 71.1 Å². The summed E-state index contributed by atoms with van der Waals surface area (Å²) in [6.45, 7) is 2.10. The molecule has 0 radical (unpaired) electrons. The second kappa shape index (κ2) is 12.4. The van der Waals surface area contributed by atoms with E-state index in [2.05, 4.69) is 6.92 Å². The first-order valence-electron chi connectivity index (χ1n) is 7.62. The predicted octanol–water partition coefficient (Wildman–Crippen LogP) is 2.96. The molecule has 0 aliphatic carbocycles. The summed E-state index contributed by atoms with van der Waals surface area (Å²) in [6, 6.07) is 0. The fourth-order valence-electron chi connectivity index (χ4n) is 2.39. The molecule has 4 heteroatoms. The number of aliphatic hydroxyl groups is 2. The zero-order chi connectivity index (χ0) is 14.5. The van der Waals surface area contributed by atoms with Gasteiger partial charge in [0, 0.05) is 6.61 Å². The summed E-state index contributed by atoms with van der Waals surface area (Å²) in [7, 11) is 0. The monoisotopic (exact) mass is 274 g/mol. The molecule has 4 nitrogen and oxygen atoms in total. The molecular weight excluding hydrogens is 244 g/mol. The van der Waals surface area contributed by atoms with Crippen molar-refractivity contribution in [3.63, 3.8) is 0 Å². The highest BCUT2D eigenvalue weighted by atomic mass is 16.4. The molecule has 0 aliphatic heterocycles. The lowest BCUT2D eigenvalue weighted by Gasteiger charge is -2.20. The van der Waals surface area contributed by atoms with Crippen molar-refractivity contribution in [3.8, 4) is 0 Å². The Labute approximate surface area is 116 Å². The molecule has 0 spiro atoms. The molecule has 0 aromatic rings. The number of hydrogen-bond acceptors (Lipinski definition) is 3. The average Bonchev–Trinajstić information content (AvgIpc) is 2.36. The molecule has 0 rings (SSSR count). The van der Waals surface area contributed by atoms with Crippen molar-refractivity contribution in [2.45, 2.75) is 77.2 Å². The van der Waals surface area contributed by atoms with Gasteiger partial charge in [-0.3, -0.25) is 4.79 Å². The third-order valence-electron chi connectivity index (χ3n) is 3.58. The number of rotatable bonds is 13. The summed E-state index contributed by atoms with van der Waals surface area (Å²) in [5.41, 5.74) is 0. The number of carboxylic acids is 1. The first-order valence-corrected chi connectivity index (χ1v) is 7.62. The largest absolute Gasteiger partial charge is 0.481 e. The molecule has 0 saturated carbocycles. The highest BCUT2D eigenvalue weighted by Gasteiger charge is 2.21. The fourth-order valence-corrected chi connectivity index (χ4v) is 2.39. The lowest BCUT2D eigenvalue weighted by molar-refractivity contribution is -0.139. The van der Waals surface area contributed by atoms with Gasteiger partial charge in [-0.05, 0) is 18.8 Å². The number of unbranched alkanes of at least 4 members (excludes halogenated alkanes) is 6. The van der Waals surface area contributed by atoms with E-state index in [-0.39, 0.29) is 25.4 Å². The lowest BCUT2D eigenvalue weighted by atomic mass is 9.90. The van der Waals surface area contributed by atoms with Crippen LogP contribution in [0.2, 0.25) is 0 Å². The summed E-state index contributed by atoms with van der Waals surface area (Å²) in [5, 5.41) is 27.4. The molecule has 2 unspecified atom stereocenters. The normalized spacial score (nSPS) is 14.3. The standard InChI is InChI=1S/C15H30O4/c1-2-3-4-5-6-7-8-9-13(12-15(18)19)14(17)10-11-16/h13-14,16-17H,2-12H2,1H3,(H,18,19). The third-order valence-corrected chi connectivity index (χ3v) is 3.58. The Bertz CT molecular complexity index is 218. The Kier molecular flexibility index (Phi) is 12.0. The summed E-state index contributed by atoms with van der Waals surface area (Å²) < 4.78 is 0. The van der Waals surface area contributed by atoms with Gasteiger partial charge >= 0.3 is 5.97 Å². The van der Waals surface area contributed by atoms with Crippen molar-refractivity contribution in [2.75, 3.05) is 6.61 Å². The molecule has 114 valence electrons. The topological polar surface area (TPSA) is 77.8 Å². The second-order valence-electron chi connectivity index (χ2n) is 5.35. The van der Waals surface area contributed by atoms with E-state index in [1.54, 1.807) is 0 Å². The molecule has 0 heterocycles. The maximum absolute atomic E-state index is 10.8. The minimum atomic E-state index is -0.870. The molecule has 0 amide bonds. The maximum atomic E-state index is 10.8. The molecular formula is C15H30O4. The van der Waals surface area contributed by atoms with E-state index in [0.29, 0.717) is 0 Å². The van der Waals surface area contributed by atoms with Crippen molar-refractivity contribution < 1.29 is 20.1 Å². The smallest absolute Gasteiger partial charge is 0.303 e. The van der Waals surface area contributed by atoms with Crippen LogP contribution in [0.25, 0.3) is 0 Å². The second-order valence-corrected chi connectivity index (χ2v) is 5.35. The fraction of sp³-hybridized carbons (Fsp3) is 0.933. The summed E-state index contributed by atoms with van der Waals surface area (Å²) in [6.07, 6.45) is 8.63. The Balaban J connectivity index is 3.76. The number of aliphatic hydroxyl groups excluding tert-OH is 2. The SMILES string of the molecule is CCCCCCCCCC(CC(=O)O)C(O)CCO. The van der Waals surface area contributed by atoms with Gasteiger partial charge in [0.05, 0.1) is 12.5 Å². The summed E-state index contributed by atoms with van der Waals surface area (Å²) in [5.74, 6) is -1.09. The van der Waals surface area contributed by atoms with E-state index in [9.17, 15) is 9.90 Å². The van der Waals surface area contributed by atoms with E-state index in [4.69, 9.17) is 10.2 Å². The number of hydrogen-bond donors (Lipinski definition) is 3. The summed E-state index contributed by atoms with van der Waals surface area (Å²) >= 11 is 0. The Morgan fingerprint density at radius 1 is 1.00 bits per heavy atom. The quantitative estimate of drug-likeness (QED) is 0.451. The van der Waals surface area contributed by atoms with Crippen molar-refractivity contribution in [1.29, 1.82) is 0 Å². The molecule has 19 heavy (non-hydrogen) atoms. The third kappa shape index (κ3) is 11.0. The first kappa shape index (κ1) is 18.4. The van der Waals surface area contributed by atoms with Crippen LogP contribution in [-0.2, 0) is 4.79 Å². The first-order chi connectivity index (χ1) is 9.11. The lowest BCUT2D eigenvalue weighted by Crippen LogP contribution is -2.24. The van der Waals surface area contributed by atoms with Gasteiger partial charge in [-0.15, -0.1) is 0 Å². The van der Waals surface area contributed by atoms with Gasteiger partial charge in [0.15, 0.2) is 0 Å². The maximum Gasteiger partial charge on any atom is 0.303 e. The van der Waals surface area contributed by atoms with E-state index in [1.165, 1.54) is 32.1 Å². The van der Waals surface area contributed by atoms with E-state index in [0.717, 1.165) is 19.3 Å². The zero-order valence-corrected chi connectivity index (χ0v) is 12.2.